The summed E-state index contributed by atoms with van der Waals surface area (Å²) in [5, 5.41) is 3.53. The number of aryl methyl sites for hydroxylation is 1. The Hall–Kier alpha value is -3.66. The molecular weight excluding hydrogens is 606 g/mol. The Balaban J connectivity index is 1.42. The van der Waals surface area contributed by atoms with Gasteiger partial charge in [0.2, 0.25) is 5.88 Å². The summed E-state index contributed by atoms with van der Waals surface area (Å²) < 4.78 is 100. The van der Waals surface area contributed by atoms with E-state index >= 15 is 4.39 Å². The number of halogens is 6. The Morgan fingerprint density at radius 2 is 1.96 bits per heavy atom. The van der Waals surface area contributed by atoms with E-state index in [1.165, 1.54) is 6.92 Å². The van der Waals surface area contributed by atoms with E-state index in [1.807, 2.05) is 11.8 Å². The van der Waals surface area contributed by atoms with Crippen LogP contribution in [0.1, 0.15) is 44.2 Å². The molecule has 10 nitrogen and oxygen atoms in total. The molecule has 0 saturated carbocycles. The van der Waals surface area contributed by atoms with Crippen molar-refractivity contribution in [3.63, 3.8) is 0 Å². The molecule has 0 aliphatic carbocycles. The largest absolute Gasteiger partial charge is 0.472 e. The Kier molecular flexibility index (Phi) is 6.79. The lowest BCUT2D eigenvalue weighted by molar-refractivity contribution is -0.137. The monoisotopic (exact) mass is 638 g/mol. The van der Waals surface area contributed by atoms with Gasteiger partial charge in [-0.15, -0.1) is 0 Å². The lowest BCUT2D eigenvalue weighted by Gasteiger charge is -2.46. The third-order valence-electron chi connectivity index (χ3n) is 9.49. The number of hydrogen-bond acceptors (Lipinski definition) is 10. The van der Waals surface area contributed by atoms with Crippen LogP contribution in [0.5, 0.6) is 11.9 Å². The van der Waals surface area contributed by atoms with Gasteiger partial charge in [0, 0.05) is 32.1 Å². The van der Waals surface area contributed by atoms with Gasteiger partial charge in [0.05, 0.1) is 23.7 Å². The predicted molar refractivity (Wildman–Crippen MR) is 152 cm³/mol. The molecule has 3 aromatic rings. The summed E-state index contributed by atoms with van der Waals surface area (Å²) in [6.07, 6.45) is -4.59. The molecule has 0 spiro atoms. The van der Waals surface area contributed by atoms with Crippen LogP contribution in [-0.2, 0) is 6.18 Å². The summed E-state index contributed by atoms with van der Waals surface area (Å²) in [5.41, 5.74) is 1.53. The van der Waals surface area contributed by atoms with Crippen molar-refractivity contribution < 1.29 is 35.8 Å². The van der Waals surface area contributed by atoms with Gasteiger partial charge >= 0.3 is 12.2 Å². The third-order valence-corrected chi connectivity index (χ3v) is 9.49. The molecule has 4 atom stereocenters. The third kappa shape index (κ3) is 4.87. The first-order valence-corrected chi connectivity index (χ1v) is 14.9. The second-order valence-corrected chi connectivity index (χ2v) is 12.5. The molecule has 7 heterocycles. The summed E-state index contributed by atoms with van der Waals surface area (Å²) in [6.45, 7) is 5.90. The SMILES string of the molecule is CC[C@@H]1CN2c3nc(OC[C@]45CCN4CC(F)(F)C5)nc4c(F)c(-c5nc(N)cc(C)c5C(F)(F)F)nc(c34)O[C@@H](C)[C@@H]2CN1. The van der Waals surface area contributed by atoms with Crippen LogP contribution >= 0.6 is 0 Å². The minimum Gasteiger partial charge on any atom is -0.472 e. The van der Waals surface area contributed by atoms with Crippen LogP contribution in [0.15, 0.2) is 6.07 Å². The molecule has 3 N–H and O–H groups in total. The first-order chi connectivity index (χ1) is 21.2. The molecule has 45 heavy (non-hydrogen) atoms. The van der Waals surface area contributed by atoms with E-state index < -0.39 is 52.9 Å². The van der Waals surface area contributed by atoms with Gasteiger partial charge in [0.15, 0.2) is 5.82 Å². The average Bonchev–Trinajstić information content (AvgIpc) is 3.06. The number of piperazine rings is 1. The van der Waals surface area contributed by atoms with Crippen LogP contribution < -0.4 is 25.4 Å². The second kappa shape index (κ2) is 10.2. The molecule has 3 fully saturated rings. The predicted octanol–water partition coefficient (Wildman–Crippen LogP) is 4.34. The fourth-order valence-electron chi connectivity index (χ4n) is 7.13. The van der Waals surface area contributed by atoms with Gasteiger partial charge in [-0.2, -0.15) is 23.1 Å². The van der Waals surface area contributed by atoms with Gasteiger partial charge < -0.3 is 25.4 Å². The maximum Gasteiger partial charge on any atom is 0.418 e. The van der Waals surface area contributed by atoms with Crippen LogP contribution in [-0.4, -0.2) is 87.3 Å². The summed E-state index contributed by atoms with van der Waals surface area (Å²) in [7, 11) is 0. The first-order valence-electron chi connectivity index (χ1n) is 14.9. The van der Waals surface area contributed by atoms with E-state index in [2.05, 4.69) is 25.3 Å². The van der Waals surface area contributed by atoms with Crippen molar-refractivity contribution in [1.82, 2.24) is 30.2 Å². The van der Waals surface area contributed by atoms with Crippen molar-refractivity contribution in [3.8, 4) is 23.3 Å². The van der Waals surface area contributed by atoms with Gasteiger partial charge in [0.1, 0.15) is 46.6 Å². The maximum absolute atomic E-state index is 16.6. The number of alkyl halides is 5. The van der Waals surface area contributed by atoms with E-state index in [0.29, 0.717) is 26.1 Å². The normalized spacial score (nSPS) is 27.4. The molecule has 4 aliphatic rings. The zero-order valence-electron chi connectivity index (χ0n) is 24.8. The number of pyridine rings is 2. The Morgan fingerprint density at radius 1 is 1.18 bits per heavy atom. The smallest absolute Gasteiger partial charge is 0.418 e. The second-order valence-electron chi connectivity index (χ2n) is 12.5. The molecule has 0 unspecified atom stereocenters. The van der Waals surface area contributed by atoms with Gasteiger partial charge in [-0.05, 0) is 38.3 Å². The zero-order valence-corrected chi connectivity index (χ0v) is 24.8. The number of hydrogen-bond donors (Lipinski definition) is 2. The van der Waals surface area contributed by atoms with Crippen molar-refractivity contribution in [1.29, 1.82) is 0 Å². The number of ether oxygens (including phenoxy) is 2. The minimum atomic E-state index is -4.91. The van der Waals surface area contributed by atoms with E-state index in [4.69, 9.17) is 15.2 Å². The van der Waals surface area contributed by atoms with Crippen molar-refractivity contribution >= 4 is 22.5 Å². The maximum atomic E-state index is 16.6. The summed E-state index contributed by atoms with van der Waals surface area (Å²) in [6, 6.07) is 0.505. The fraction of sp³-hybridized carbons (Fsp3) is 0.586. The summed E-state index contributed by atoms with van der Waals surface area (Å²) in [4.78, 5) is 20.7. The van der Waals surface area contributed by atoms with E-state index in [-0.39, 0.29) is 65.2 Å². The summed E-state index contributed by atoms with van der Waals surface area (Å²) >= 11 is 0. The number of aromatic nitrogens is 4. The molecule has 242 valence electrons. The fourth-order valence-corrected chi connectivity index (χ4v) is 7.13. The van der Waals surface area contributed by atoms with Gasteiger partial charge in [-0.25, -0.2) is 23.1 Å². The van der Waals surface area contributed by atoms with E-state index in [9.17, 15) is 22.0 Å². The molecular formula is C29H32F6N8O2. The molecule has 7 rings (SSSR count). The molecule has 4 aliphatic heterocycles. The topological polar surface area (TPSA) is 115 Å². The number of nitrogens with one attached hydrogen (secondary N) is 1. The Labute approximate surface area is 254 Å². The Morgan fingerprint density at radius 3 is 2.62 bits per heavy atom. The number of nitrogens with two attached hydrogens (primary N) is 1. The van der Waals surface area contributed by atoms with E-state index in [1.54, 1.807) is 11.8 Å². The molecule has 0 radical (unpaired) electrons. The number of nitrogen functional groups attached to an aromatic ring is 1. The minimum absolute atomic E-state index is 0.0541. The first kappa shape index (κ1) is 30.0. The standard InChI is InChI=1S/C29H32F6N8O2/c1-4-15-9-43-16(8-37-15)14(3)45-25-18-21(20(30)23(39-25)22-19(29(33,34)35)13(2)7-17(36)38-22)40-26(41-24(18)43)44-12-27-5-6-42(27)11-28(31,32)10-27/h7,14-16,37H,4-6,8-12H2,1-3H3,(H2,36,38)/t14-,15+,16-,27+/m0/s1. The van der Waals surface area contributed by atoms with E-state index in [0.717, 1.165) is 12.5 Å². The molecule has 3 saturated heterocycles. The quantitative estimate of drug-likeness (QED) is 0.392. The lowest BCUT2D eigenvalue weighted by Crippen LogP contribution is -2.60. The zero-order chi connectivity index (χ0) is 32.1. The lowest BCUT2D eigenvalue weighted by atomic mass is 9.85. The summed E-state index contributed by atoms with van der Waals surface area (Å²) in [5.74, 6) is -4.24. The van der Waals surface area contributed by atoms with Crippen molar-refractivity contribution in [2.24, 2.45) is 0 Å². The molecule has 3 aromatic heterocycles. The van der Waals surface area contributed by atoms with Crippen LogP contribution in [0.25, 0.3) is 22.3 Å². The highest BCUT2D eigenvalue weighted by atomic mass is 19.4. The van der Waals surface area contributed by atoms with Crippen molar-refractivity contribution in [2.75, 3.05) is 43.4 Å². The van der Waals surface area contributed by atoms with Crippen molar-refractivity contribution in [3.05, 3.63) is 23.0 Å². The Bertz CT molecular complexity index is 1690. The number of rotatable bonds is 5. The highest BCUT2D eigenvalue weighted by Gasteiger charge is 2.60. The van der Waals surface area contributed by atoms with Crippen molar-refractivity contribution in [2.45, 2.75) is 75.9 Å². The molecule has 16 heteroatoms. The highest BCUT2D eigenvalue weighted by molar-refractivity contribution is 5.97. The number of anilines is 2. The van der Waals surface area contributed by atoms with Gasteiger partial charge in [-0.3, -0.25) is 4.90 Å². The van der Waals surface area contributed by atoms with Crippen LogP contribution in [0.2, 0.25) is 0 Å². The van der Waals surface area contributed by atoms with Gasteiger partial charge in [0.25, 0.3) is 5.92 Å². The average molecular weight is 639 g/mol. The van der Waals surface area contributed by atoms with Crippen LogP contribution in [0.3, 0.4) is 0 Å². The molecule has 0 aromatic carbocycles. The van der Waals surface area contributed by atoms with Gasteiger partial charge in [-0.1, -0.05) is 6.92 Å². The number of fused-ring (bicyclic) bond motifs is 3. The molecule has 0 amide bonds. The number of nitrogens with zero attached hydrogens (tertiary/aromatic N) is 6. The van der Waals surface area contributed by atoms with Crippen LogP contribution in [0.4, 0.5) is 38.0 Å². The van der Waals surface area contributed by atoms with Crippen LogP contribution in [0, 0.1) is 12.7 Å². The highest BCUT2D eigenvalue weighted by Crippen LogP contribution is 2.48. The molecule has 0 bridgehead atoms.